The number of aromatic nitrogens is 1. The first-order chi connectivity index (χ1) is 8.24. The highest BCUT2D eigenvalue weighted by molar-refractivity contribution is 5.29. The molecule has 1 heterocycles. The number of nitrogens with zero attached hydrogens (tertiary/aromatic N) is 1. The van der Waals surface area contributed by atoms with Crippen molar-refractivity contribution < 1.29 is 8.78 Å². The van der Waals surface area contributed by atoms with Gasteiger partial charge < -0.3 is 5.32 Å². The Morgan fingerprint density at radius 1 is 1.06 bits per heavy atom. The summed E-state index contributed by atoms with van der Waals surface area (Å²) in [5, 5.41) is 2.87. The van der Waals surface area contributed by atoms with Gasteiger partial charge in [-0.1, -0.05) is 18.2 Å². The molecular weight excluding hydrogens is 222 g/mol. The summed E-state index contributed by atoms with van der Waals surface area (Å²) in [6.07, 6.45) is 1.49. The Kier molecular flexibility index (Phi) is 3.44. The molecule has 4 heteroatoms. The fourth-order valence-electron chi connectivity index (χ4n) is 1.76. The molecule has 0 spiro atoms. The van der Waals surface area contributed by atoms with Crippen LogP contribution < -0.4 is 5.32 Å². The van der Waals surface area contributed by atoms with Crippen LogP contribution in [0.4, 0.5) is 8.78 Å². The number of pyridine rings is 1. The lowest BCUT2D eigenvalue weighted by molar-refractivity contribution is 0.534. The second-order valence-electron chi connectivity index (χ2n) is 3.61. The van der Waals surface area contributed by atoms with Gasteiger partial charge in [-0.2, -0.15) is 0 Å². The van der Waals surface area contributed by atoms with Gasteiger partial charge in [-0.3, -0.25) is 4.98 Å². The molecule has 88 valence electrons. The van der Waals surface area contributed by atoms with Crippen molar-refractivity contribution in [3.05, 3.63) is 65.5 Å². The number of benzene rings is 1. The maximum absolute atomic E-state index is 13.7. The van der Waals surface area contributed by atoms with Gasteiger partial charge in [0.1, 0.15) is 11.6 Å². The second kappa shape index (κ2) is 5.01. The average Bonchev–Trinajstić information content (AvgIpc) is 2.34. The van der Waals surface area contributed by atoms with Gasteiger partial charge >= 0.3 is 0 Å². The van der Waals surface area contributed by atoms with E-state index in [9.17, 15) is 8.78 Å². The minimum Gasteiger partial charge on any atom is -0.308 e. The average molecular weight is 234 g/mol. The molecule has 0 aliphatic heterocycles. The van der Waals surface area contributed by atoms with E-state index in [0.29, 0.717) is 5.56 Å². The predicted octanol–water partition coefficient (Wildman–Crippen LogP) is 2.67. The fourth-order valence-corrected chi connectivity index (χ4v) is 1.76. The molecule has 1 unspecified atom stereocenters. The van der Waals surface area contributed by atoms with E-state index in [2.05, 4.69) is 10.3 Å². The van der Waals surface area contributed by atoms with Gasteiger partial charge in [-0.25, -0.2) is 8.78 Å². The van der Waals surface area contributed by atoms with Crippen molar-refractivity contribution in [2.75, 3.05) is 7.05 Å². The Balaban J connectivity index is 2.48. The molecule has 1 atom stereocenters. The van der Waals surface area contributed by atoms with E-state index in [0.717, 1.165) is 0 Å². The van der Waals surface area contributed by atoms with E-state index in [1.807, 2.05) is 0 Å². The monoisotopic (exact) mass is 234 g/mol. The van der Waals surface area contributed by atoms with Crippen LogP contribution in [-0.2, 0) is 0 Å². The third kappa shape index (κ3) is 2.31. The zero-order chi connectivity index (χ0) is 12.3. The number of rotatable bonds is 3. The molecule has 0 aliphatic carbocycles. The highest BCUT2D eigenvalue weighted by atomic mass is 19.1. The number of hydrogen-bond donors (Lipinski definition) is 1. The molecule has 1 aromatic heterocycles. The van der Waals surface area contributed by atoms with E-state index in [-0.39, 0.29) is 11.5 Å². The summed E-state index contributed by atoms with van der Waals surface area (Å²) in [4.78, 5) is 3.96. The summed E-state index contributed by atoms with van der Waals surface area (Å²) in [5.41, 5.74) is 0.577. The molecule has 2 nitrogen and oxygen atoms in total. The van der Waals surface area contributed by atoms with Gasteiger partial charge in [0, 0.05) is 11.8 Å². The van der Waals surface area contributed by atoms with Crippen LogP contribution in [0.25, 0.3) is 0 Å². The number of halogens is 2. The summed E-state index contributed by atoms with van der Waals surface area (Å²) in [5.74, 6) is -0.827. The molecule has 0 radical (unpaired) electrons. The van der Waals surface area contributed by atoms with E-state index < -0.39 is 11.9 Å². The SMILES string of the molecule is CNC(c1ccccc1F)c1ncccc1F. The molecule has 0 aliphatic rings. The minimum absolute atomic E-state index is 0.195. The molecular formula is C13H12F2N2. The summed E-state index contributed by atoms with van der Waals surface area (Å²) in [7, 11) is 1.64. The van der Waals surface area contributed by atoms with Crippen molar-refractivity contribution in [3.8, 4) is 0 Å². The molecule has 2 rings (SSSR count). The van der Waals surface area contributed by atoms with Crippen molar-refractivity contribution >= 4 is 0 Å². The highest BCUT2D eigenvalue weighted by Crippen LogP contribution is 2.24. The maximum Gasteiger partial charge on any atom is 0.146 e. The Morgan fingerprint density at radius 2 is 1.76 bits per heavy atom. The number of nitrogens with one attached hydrogen (secondary N) is 1. The number of hydrogen-bond acceptors (Lipinski definition) is 2. The Labute approximate surface area is 98.3 Å². The minimum atomic E-state index is -0.586. The first-order valence-corrected chi connectivity index (χ1v) is 5.26. The first-order valence-electron chi connectivity index (χ1n) is 5.26. The largest absolute Gasteiger partial charge is 0.308 e. The molecule has 0 bridgehead atoms. The van der Waals surface area contributed by atoms with E-state index in [4.69, 9.17) is 0 Å². The van der Waals surface area contributed by atoms with Crippen LogP contribution in [0.2, 0.25) is 0 Å². The zero-order valence-corrected chi connectivity index (χ0v) is 9.32. The first kappa shape index (κ1) is 11.7. The van der Waals surface area contributed by atoms with Crippen molar-refractivity contribution in [2.45, 2.75) is 6.04 Å². The van der Waals surface area contributed by atoms with Crippen molar-refractivity contribution in [1.29, 1.82) is 0 Å². The summed E-state index contributed by atoms with van der Waals surface area (Å²) in [6, 6.07) is 8.51. The van der Waals surface area contributed by atoms with Gasteiger partial charge in [0.05, 0.1) is 11.7 Å². The van der Waals surface area contributed by atoms with Crippen LogP contribution in [0.5, 0.6) is 0 Å². The van der Waals surface area contributed by atoms with Crippen LogP contribution in [0.15, 0.2) is 42.6 Å². The lowest BCUT2D eigenvalue weighted by Crippen LogP contribution is -2.21. The third-order valence-corrected chi connectivity index (χ3v) is 2.57. The predicted molar refractivity (Wildman–Crippen MR) is 61.5 cm³/mol. The molecule has 0 saturated heterocycles. The van der Waals surface area contributed by atoms with Crippen LogP contribution in [0.1, 0.15) is 17.3 Å². The summed E-state index contributed by atoms with van der Waals surface area (Å²) in [6.45, 7) is 0. The van der Waals surface area contributed by atoms with Gasteiger partial charge in [0.25, 0.3) is 0 Å². The maximum atomic E-state index is 13.7. The fraction of sp³-hybridized carbons (Fsp3) is 0.154. The van der Waals surface area contributed by atoms with Gasteiger partial charge in [-0.05, 0) is 25.2 Å². The Bertz CT molecular complexity index is 469. The quantitative estimate of drug-likeness (QED) is 0.883. The van der Waals surface area contributed by atoms with Crippen molar-refractivity contribution in [3.63, 3.8) is 0 Å². The molecule has 0 saturated carbocycles. The van der Waals surface area contributed by atoms with Crippen LogP contribution in [0.3, 0.4) is 0 Å². The normalized spacial score (nSPS) is 12.4. The molecule has 1 N–H and O–H groups in total. The second-order valence-corrected chi connectivity index (χ2v) is 3.61. The Morgan fingerprint density at radius 3 is 2.41 bits per heavy atom. The Hall–Kier alpha value is -1.81. The molecule has 1 aromatic carbocycles. The van der Waals surface area contributed by atoms with Crippen LogP contribution >= 0.6 is 0 Å². The van der Waals surface area contributed by atoms with Gasteiger partial charge in [-0.15, -0.1) is 0 Å². The lowest BCUT2D eigenvalue weighted by Gasteiger charge is -2.17. The van der Waals surface area contributed by atoms with Crippen LogP contribution in [0, 0.1) is 11.6 Å². The third-order valence-electron chi connectivity index (χ3n) is 2.57. The topological polar surface area (TPSA) is 24.9 Å². The smallest absolute Gasteiger partial charge is 0.146 e. The summed E-state index contributed by atoms with van der Waals surface area (Å²) < 4.78 is 27.3. The van der Waals surface area contributed by atoms with Crippen molar-refractivity contribution in [2.24, 2.45) is 0 Å². The van der Waals surface area contributed by atoms with Crippen molar-refractivity contribution in [1.82, 2.24) is 10.3 Å². The molecule has 0 fully saturated rings. The highest BCUT2D eigenvalue weighted by Gasteiger charge is 2.19. The van der Waals surface area contributed by atoms with E-state index >= 15 is 0 Å². The van der Waals surface area contributed by atoms with Gasteiger partial charge in [0.15, 0.2) is 0 Å². The zero-order valence-electron chi connectivity index (χ0n) is 9.32. The standard InChI is InChI=1S/C13H12F2N2/c1-16-12(9-5-2-3-6-10(9)14)13-11(15)7-4-8-17-13/h2-8,12,16H,1H3. The molecule has 0 amide bonds. The molecule has 2 aromatic rings. The van der Waals surface area contributed by atoms with E-state index in [1.165, 1.54) is 24.4 Å². The van der Waals surface area contributed by atoms with Crippen LogP contribution in [-0.4, -0.2) is 12.0 Å². The summed E-state index contributed by atoms with van der Waals surface area (Å²) >= 11 is 0. The van der Waals surface area contributed by atoms with E-state index in [1.54, 1.807) is 25.2 Å². The van der Waals surface area contributed by atoms with Gasteiger partial charge in [0.2, 0.25) is 0 Å². The molecule has 17 heavy (non-hydrogen) atoms. The lowest BCUT2D eigenvalue weighted by atomic mass is 10.0.